The summed E-state index contributed by atoms with van der Waals surface area (Å²) in [5.41, 5.74) is 0.731. The summed E-state index contributed by atoms with van der Waals surface area (Å²) in [4.78, 5) is 12.9. The third-order valence-electron chi connectivity index (χ3n) is 3.50. The maximum Gasteiger partial charge on any atom is 0.211 e. The maximum absolute atomic E-state index is 11.9. The second kappa shape index (κ2) is 5.90. The van der Waals surface area contributed by atoms with Crippen molar-refractivity contribution in [2.24, 2.45) is 0 Å². The number of thiazole rings is 1. The van der Waals surface area contributed by atoms with E-state index in [0.29, 0.717) is 18.2 Å². The Hall–Kier alpha value is -1.58. The van der Waals surface area contributed by atoms with Crippen molar-refractivity contribution in [2.75, 3.05) is 18.1 Å². The zero-order valence-corrected chi connectivity index (χ0v) is 14.0. The molecule has 0 saturated carbocycles. The number of rotatable bonds is 4. The van der Waals surface area contributed by atoms with Crippen molar-refractivity contribution in [3.63, 3.8) is 0 Å². The summed E-state index contributed by atoms with van der Waals surface area (Å²) < 4.78 is 25.3. The van der Waals surface area contributed by atoms with E-state index in [0.717, 1.165) is 23.7 Å². The van der Waals surface area contributed by atoms with Gasteiger partial charge in [-0.15, -0.1) is 11.3 Å². The Balaban J connectivity index is 1.92. The zero-order valence-electron chi connectivity index (χ0n) is 12.4. The molecular weight excluding hydrogens is 322 g/mol. The lowest BCUT2D eigenvalue weighted by Crippen LogP contribution is -2.30. The van der Waals surface area contributed by atoms with Gasteiger partial charge in [0.25, 0.3) is 0 Å². The Kier molecular flexibility index (Phi) is 4.11. The first-order valence-corrected chi connectivity index (χ1v) is 9.65. The Morgan fingerprint density at radius 2 is 2.23 bits per heavy atom. The van der Waals surface area contributed by atoms with Crippen LogP contribution in [0.25, 0.3) is 0 Å². The second-order valence-corrected chi connectivity index (χ2v) is 8.05. The first-order valence-electron chi connectivity index (χ1n) is 6.92. The van der Waals surface area contributed by atoms with Crippen LogP contribution < -0.4 is 5.32 Å². The highest BCUT2D eigenvalue weighted by Crippen LogP contribution is 2.33. The molecule has 118 valence electrons. The van der Waals surface area contributed by atoms with Gasteiger partial charge in [-0.05, 0) is 19.8 Å². The van der Waals surface area contributed by atoms with Crippen LogP contribution in [0.4, 0.5) is 10.9 Å². The van der Waals surface area contributed by atoms with Crippen LogP contribution >= 0.6 is 11.3 Å². The molecule has 0 unspecified atom stereocenters. The van der Waals surface area contributed by atoms with Crippen LogP contribution in [0.2, 0.25) is 0 Å². The molecule has 9 heteroatoms. The van der Waals surface area contributed by atoms with Gasteiger partial charge in [-0.1, -0.05) is 0 Å². The zero-order chi connectivity index (χ0) is 15.7. The van der Waals surface area contributed by atoms with E-state index in [1.807, 2.05) is 11.4 Å². The molecule has 0 radical (unpaired) electrons. The maximum atomic E-state index is 11.9. The first-order chi connectivity index (χ1) is 10.4. The minimum atomic E-state index is -3.23. The van der Waals surface area contributed by atoms with Crippen LogP contribution in [0.15, 0.2) is 17.6 Å². The second-order valence-electron chi connectivity index (χ2n) is 5.22. The van der Waals surface area contributed by atoms with E-state index >= 15 is 0 Å². The minimum Gasteiger partial charge on any atom is -0.316 e. The third-order valence-corrected chi connectivity index (χ3v) is 5.47. The van der Waals surface area contributed by atoms with E-state index in [-0.39, 0.29) is 6.04 Å². The van der Waals surface area contributed by atoms with Gasteiger partial charge in [0, 0.05) is 24.2 Å². The number of hydrogen-bond acceptors (Lipinski definition) is 7. The molecule has 2 aromatic rings. The van der Waals surface area contributed by atoms with Crippen molar-refractivity contribution < 1.29 is 8.42 Å². The Morgan fingerprint density at radius 3 is 2.91 bits per heavy atom. The smallest absolute Gasteiger partial charge is 0.211 e. The molecule has 0 aliphatic carbocycles. The molecule has 1 atom stereocenters. The fourth-order valence-corrected chi connectivity index (χ4v) is 4.33. The summed E-state index contributed by atoms with van der Waals surface area (Å²) in [6.45, 7) is 2.35. The first kappa shape index (κ1) is 15.3. The molecule has 3 heterocycles. The molecule has 7 nitrogen and oxygen atoms in total. The van der Waals surface area contributed by atoms with E-state index in [1.54, 1.807) is 13.1 Å². The van der Waals surface area contributed by atoms with E-state index in [4.69, 9.17) is 0 Å². The van der Waals surface area contributed by atoms with Crippen LogP contribution in [0, 0.1) is 6.92 Å². The number of aryl methyl sites for hydroxylation is 1. The highest BCUT2D eigenvalue weighted by molar-refractivity contribution is 7.88. The Bertz CT molecular complexity index is 761. The van der Waals surface area contributed by atoms with Gasteiger partial charge in [0.2, 0.25) is 10.0 Å². The summed E-state index contributed by atoms with van der Waals surface area (Å²) in [5.74, 6) is 1.25. The highest BCUT2D eigenvalue weighted by atomic mass is 32.2. The normalized spacial score (nSPS) is 19.5. The number of nitrogens with one attached hydrogen (secondary N) is 1. The number of sulfonamides is 1. The molecule has 0 bridgehead atoms. The van der Waals surface area contributed by atoms with Gasteiger partial charge in [0.15, 0.2) is 5.13 Å². The van der Waals surface area contributed by atoms with Crippen LogP contribution in [0.3, 0.4) is 0 Å². The highest BCUT2D eigenvalue weighted by Gasteiger charge is 2.33. The molecule has 2 aromatic heterocycles. The van der Waals surface area contributed by atoms with Gasteiger partial charge >= 0.3 is 0 Å². The average Bonchev–Trinajstić information content (AvgIpc) is 3.07. The molecule has 22 heavy (non-hydrogen) atoms. The number of hydrogen-bond donors (Lipinski definition) is 1. The number of nitrogens with zero attached hydrogens (tertiary/aromatic N) is 4. The molecule has 0 spiro atoms. The van der Waals surface area contributed by atoms with Crippen LogP contribution in [-0.4, -0.2) is 40.5 Å². The summed E-state index contributed by atoms with van der Waals surface area (Å²) in [7, 11) is -3.23. The van der Waals surface area contributed by atoms with Gasteiger partial charge in [-0.3, -0.25) is 0 Å². The molecule has 1 aliphatic heterocycles. The molecule has 0 amide bonds. The monoisotopic (exact) mass is 339 g/mol. The minimum absolute atomic E-state index is 0.214. The van der Waals surface area contributed by atoms with E-state index in [2.05, 4.69) is 20.3 Å². The lowest BCUT2D eigenvalue weighted by atomic mass is 10.1. The Morgan fingerprint density at radius 1 is 1.41 bits per heavy atom. The summed E-state index contributed by atoms with van der Waals surface area (Å²) in [6, 6.07) is 1.59. The molecule has 1 fully saturated rings. The SMILES string of the molecule is Cc1nc(Nc2nccs2)cc([C@@H]2CCCN2S(C)(=O)=O)n1. The fraction of sp³-hybridized carbons (Fsp3) is 0.462. The van der Waals surface area contributed by atoms with Crippen LogP contribution in [0.1, 0.15) is 30.4 Å². The Labute approximate surface area is 133 Å². The van der Waals surface area contributed by atoms with E-state index in [1.165, 1.54) is 21.9 Å². The fourth-order valence-electron chi connectivity index (χ4n) is 2.65. The van der Waals surface area contributed by atoms with Crippen molar-refractivity contribution in [1.29, 1.82) is 0 Å². The quantitative estimate of drug-likeness (QED) is 0.917. The molecule has 1 aliphatic rings. The van der Waals surface area contributed by atoms with Crippen molar-refractivity contribution in [3.8, 4) is 0 Å². The van der Waals surface area contributed by atoms with Gasteiger partial charge in [-0.2, -0.15) is 4.31 Å². The van der Waals surface area contributed by atoms with Crippen molar-refractivity contribution in [1.82, 2.24) is 19.3 Å². The van der Waals surface area contributed by atoms with E-state index < -0.39 is 10.0 Å². The largest absolute Gasteiger partial charge is 0.316 e. The molecule has 3 rings (SSSR count). The van der Waals surface area contributed by atoms with Gasteiger partial charge < -0.3 is 5.32 Å². The van der Waals surface area contributed by atoms with Gasteiger partial charge in [0.1, 0.15) is 11.6 Å². The molecule has 1 saturated heterocycles. The van der Waals surface area contributed by atoms with Gasteiger partial charge in [-0.25, -0.2) is 23.4 Å². The molecular formula is C13H17N5O2S2. The van der Waals surface area contributed by atoms with Crippen LogP contribution in [-0.2, 0) is 10.0 Å². The topological polar surface area (TPSA) is 88.1 Å². The third kappa shape index (κ3) is 3.26. The average molecular weight is 339 g/mol. The van der Waals surface area contributed by atoms with Gasteiger partial charge in [0.05, 0.1) is 18.0 Å². The number of anilines is 2. The number of aromatic nitrogens is 3. The van der Waals surface area contributed by atoms with Crippen molar-refractivity contribution in [2.45, 2.75) is 25.8 Å². The van der Waals surface area contributed by atoms with Crippen LogP contribution in [0.5, 0.6) is 0 Å². The lowest BCUT2D eigenvalue weighted by molar-refractivity contribution is 0.393. The standard InChI is InChI=1S/C13H17N5O2S2/c1-9-15-10(11-4-3-6-18(11)22(2,19)20)8-12(16-9)17-13-14-5-7-21-13/h5,7-8,11H,3-4,6H2,1-2H3,(H,14,15,16,17)/t11-/m0/s1. The van der Waals surface area contributed by atoms with E-state index in [9.17, 15) is 8.42 Å². The molecule has 0 aromatic carbocycles. The van der Waals surface area contributed by atoms with Crippen molar-refractivity contribution >= 4 is 32.3 Å². The van der Waals surface area contributed by atoms with Crippen molar-refractivity contribution in [3.05, 3.63) is 29.2 Å². The predicted molar refractivity (Wildman–Crippen MR) is 85.7 cm³/mol. The summed E-state index contributed by atoms with van der Waals surface area (Å²) in [5, 5.41) is 5.75. The molecule has 1 N–H and O–H groups in total. The summed E-state index contributed by atoms with van der Waals surface area (Å²) in [6.07, 6.45) is 4.58. The predicted octanol–water partition coefficient (Wildman–Crippen LogP) is 2.08. The summed E-state index contributed by atoms with van der Waals surface area (Å²) >= 11 is 1.48. The lowest BCUT2D eigenvalue weighted by Gasteiger charge is -2.22.